The summed E-state index contributed by atoms with van der Waals surface area (Å²) < 4.78 is 11.3. The van der Waals surface area contributed by atoms with Crippen LogP contribution >= 0.6 is 0 Å². The predicted octanol–water partition coefficient (Wildman–Crippen LogP) is 4.46. The third-order valence-electron chi connectivity index (χ3n) is 4.26. The van der Waals surface area contributed by atoms with Gasteiger partial charge in [0.2, 0.25) is 0 Å². The van der Waals surface area contributed by atoms with Gasteiger partial charge in [-0.2, -0.15) is 0 Å². The molecule has 0 saturated heterocycles. The molecule has 0 aliphatic heterocycles. The summed E-state index contributed by atoms with van der Waals surface area (Å²) in [4.78, 5) is 12.2. The highest BCUT2D eigenvalue weighted by molar-refractivity contribution is 5.84. The Bertz CT molecular complexity index is 905. The fourth-order valence-corrected chi connectivity index (χ4v) is 2.78. The minimum absolute atomic E-state index is 0.0109. The zero-order chi connectivity index (χ0) is 19.1. The number of carbonyl (C=O) groups is 1. The SMILES string of the molecule is CC(C)OCc1ccccc1CNC(=O)COc1ccc2ccccc2c1. The monoisotopic (exact) mass is 363 g/mol. The molecule has 0 spiro atoms. The molecule has 0 aliphatic rings. The topological polar surface area (TPSA) is 47.6 Å². The van der Waals surface area contributed by atoms with Crippen LogP contribution in [-0.4, -0.2) is 18.6 Å². The molecule has 3 aromatic carbocycles. The lowest BCUT2D eigenvalue weighted by molar-refractivity contribution is -0.123. The minimum Gasteiger partial charge on any atom is -0.484 e. The second-order valence-electron chi connectivity index (χ2n) is 6.70. The van der Waals surface area contributed by atoms with Crippen LogP contribution in [0, 0.1) is 0 Å². The van der Waals surface area contributed by atoms with Crippen LogP contribution < -0.4 is 10.1 Å². The van der Waals surface area contributed by atoms with Gasteiger partial charge in [-0.15, -0.1) is 0 Å². The average molecular weight is 363 g/mol. The zero-order valence-electron chi connectivity index (χ0n) is 15.8. The van der Waals surface area contributed by atoms with E-state index in [1.54, 1.807) is 0 Å². The predicted molar refractivity (Wildman–Crippen MR) is 108 cm³/mol. The van der Waals surface area contributed by atoms with Crippen molar-refractivity contribution in [3.8, 4) is 5.75 Å². The summed E-state index contributed by atoms with van der Waals surface area (Å²) in [5.41, 5.74) is 2.14. The van der Waals surface area contributed by atoms with E-state index in [0.717, 1.165) is 21.9 Å². The van der Waals surface area contributed by atoms with E-state index in [-0.39, 0.29) is 18.6 Å². The van der Waals surface area contributed by atoms with Crippen LogP contribution in [0.5, 0.6) is 5.75 Å². The van der Waals surface area contributed by atoms with E-state index in [4.69, 9.17) is 9.47 Å². The van der Waals surface area contributed by atoms with Gasteiger partial charge < -0.3 is 14.8 Å². The number of nitrogens with one attached hydrogen (secondary N) is 1. The number of hydrogen-bond donors (Lipinski definition) is 1. The molecule has 0 saturated carbocycles. The molecular weight excluding hydrogens is 338 g/mol. The lowest BCUT2D eigenvalue weighted by Gasteiger charge is -2.13. The Labute approximate surface area is 160 Å². The van der Waals surface area contributed by atoms with Crippen molar-refractivity contribution in [1.82, 2.24) is 5.32 Å². The van der Waals surface area contributed by atoms with Crippen molar-refractivity contribution in [3.63, 3.8) is 0 Å². The number of rotatable bonds is 8. The number of benzene rings is 3. The summed E-state index contributed by atoms with van der Waals surface area (Å²) in [6.45, 7) is 5.00. The van der Waals surface area contributed by atoms with E-state index in [2.05, 4.69) is 5.32 Å². The molecule has 27 heavy (non-hydrogen) atoms. The maximum absolute atomic E-state index is 12.2. The van der Waals surface area contributed by atoms with Gasteiger partial charge in [0.05, 0.1) is 12.7 Å². The van der Waals surface area contributed by atoms with E-state index >= 15 is 0 Å². The summed E-state index contributed by atoms with van der Waals surface area (Å²) in [5, 5.41) is 5.15. The molecule has 1 amide bonds. The summed E-state index contributed by atoms with van der Waals surface area (Å²) in [6.07, 6.45) is 0.169. The number of hydrogen-bond acceptors (Lipinski definition) is 3. The Hall–Kier alpha value is -2.85. The van der Waals surface area contributed by atoms with Crippen molar-refractivity contribution in [3.05, 3.63) is 77.9 Å². The molecule has 0 aliphatic carbocycles. The van der Waals surface area contributed by atoms with Gasteiger partial charge in [0, 0.05) is 6.54 Å². The van der Waals surface area contributed by atoms with Crippen molar-refractivity contribution in [2.75, 3.05) is 6.61 Å². The van der Waals surface area contributed by atoms with E-state index in [1.165, 1.54) is 0 Å². The highest BCUT2D eigenvalue weighted by Gasteiger charge is 2.07. The first kappa shape index (κ1) is 18.9. The van der Waals surface area contributed by atoms with E-state index < -0.39 is 0 Å². The van der Waals surface area contributed by atoms with Crippen molar-refractivity contribution in [1.29, 1.82) is 0 Å². The van der Waals surface area contributed by atoms with Crippen LogP contribution in [0.2, 0.25) is 0 Å². The Balaban J connectivity index is 1.52. The Morgan fingerprint density at radius 1 is 0.926 bits per heavy atom. The van der Waals surface area contributed by atoms with Crippen molar-refractivity contribution in [2.24, 2.45) is 0 Å². The molecule has 3 aromatic rings. The van der Waals surface area contributed by atoms with Gasteiger partial charge in [-0.05, 0) is 47.9 Å². The largest absolute Gasteiger partial charge is 0.484 e. The second kappa shape index (κ2) is 9.19. The van der Waals surface area contributed by atoms with Gasteiger partial charge in [-0.1, -0.05) is 54.6 Å². The van der Waals surface area contributed by atoms with Crippen LogP contribution in [-0.2, 0) is 22.7 Å². The van der Waals surface area contributed by atoms with Gasteiger partial charge in [0.25, 0.3) is 5.91 Å². The Morgan fingerprint density at radius 2 is 1.63 bits per heavy atom. The van der Waals surface area contributed by atoms with Crippen molar-refractivity contribution < 1.29 is 14.3 Å². The molecule has 0 atom stereocenters. The molecule has 0 heterocycles. The molecule has 0 aromatic heterocycles. The maximum Gasteiger partial charge on any atom is 0.258 e. The first-order chi connectivity index (χ1) is 13.1. The molecule has 3 rings (SSSR count). The van der Waals surface area contributed by atoms with Crippen LogP contribution in [0.15, 0.2) is 66.7 Å². The molecule has 0 bridgehead atoms. The van der Waals surface area contributed by atoms with Gasteiger partial charge in [0.1, 0.15) is 5.75 Å². The lowest BCUT2D eigenvalue weighted by atomic mass is 10.1. The first-order valence-electron chi connectivity index (χ1n) is 9.18. The molecular formula is C23H25NO3. The van der Waals surface area contributed by atoms with E-state index in [1.807, 2.05) is 80.6 Å². The van der Waals surface area contributed by atoms with E-state index in [9.17, 15) is 4.79 Å². The normalized spacial score (nSPS) is 10.9. The van der Waals surface area contributed by atoms with E-state index in [0.29, 0.717) is 18.9 Å². The highest BCUT2D eigenvalue weighted by atomic mass is 16.5. The summed E-state index contributed by atoms with van der Waals surface area (Å²) in [5.74, 6) is 0.539. The fourth-order valence-electron chi connectivity index (χ4n) is 2.78. The fraction of sp³-hybridized carbons (Fsp3) is 0.261. The number of fused-ring (bicyclic) bond motifs is 1. The molecule has 4 nitrogen and oxygen atoms in total. The van der Waals surface area contributed by atoms with Crippen LogP contribution in [0.3, 0.4) is 0 Å². The summed E-state index contributed by atoms with van der Waals surface area (Å²) >= 11 is 0. The number of ether oxygens (including phenoxy) is 2. The van der Waals surface area contributed by atoms with Crippen LogP contribution in [0.1, 0.15) is 25.0 Å². The van der Waals surface area contributed by atoms with Crippen molar-refractivity contribution in [2.45, 2.75) is 33.1 Å². The minimum atomic E-state index is -0.150. The Morgan fingerprint density at radius 3 is 2.41 bits per heavy atom. The smallest absolute Gasteiger partial charge is 0.258 e. The standard InChI is InChI=1S/C23H25NO3/c1-17(2)26-15-21-10-6-5-9-20(21)14-24-23(25)16-27-22-12-11-18-7-3-4-8-19(18)13-22/h3-13,17H,14-16H2,1-2H3,(H,24,25). The Kier molecular flexibility index (Phi) is 6.44. The van der Waals surface area contributed by atoms with Gasteiger partial charge in [-0.3, -0.25) is 4.79 Å². The third-order valence-corrected chi connectivity index (χ3v) is 4.26. The molecule has 140 valence electrons. The molecule has 4 heteroatoms. The first-order valence-corrected chi connectivity index (χ1v) is 9.18. The van der Waals surface area contributed by atoms with Gasteiger partial charge >= 0.3 is 0 Å². The second-order valence-corrected chi connectivity index (χ2v) is 6.70. The molecule has 0 radical (unpaired) electrons. The maximum atomic E-state index is 12.2. The number of amides is 1. The van der Waals surface area contributed by atoms with Crippen LogP contribution in [0.4, 0.5) is 0 Å². The highest BCUT2D eigenvalue weighted by Crippen LogP contribution is 2.20. The molecule has 1 N–H and O–H groups in total. The molecule has 0 fully saturated rings. The third kappa shape index (κ3) is 5.56. The summed E-state index contributed by atoms with van der Waals surface area (Å²) in [7, 11) is 0. The quantitative estimate of drug-likeness (QED) is 0.643. The molecule has 0 unspecified atom stereocenters. The lowest BCUT2D eigenvalue weighted by Crippen LogP contribution is -2.28. The van der Waals surface area contributed by atoms with Gasteiger partial charge in [0.15, 0.2) is 6.61 Å². The average Bonchev–Trinajstić information content (AvgIpc) is 2.69. The van der Waals surface area contributed by atoms with Gasteiger partial charge in [-0.25, -0.2) is 0 Å². The zero-order valence-corrected chi connectivity index (χ0v) is 15.8. The van der Waals surface area contributed by atoms with Crippen LogP contribution in [0.25, 0.3) is 10.8 Å². The van der Waals surface area contributed by atoms with Crippen molar-refractivity contribution >= 4 is 16.7 Å². The summed E-state index contributed by atoms with van der Waals surface area (Å²) in [6, 6.07) is 21.9. The number of carbonyl (C=O) groups excluding carboxylic acids is 1.